The van der Waals surface area contributed by atoms with Gasteiger partial charge in [0, 0.05) is 24.9 Å². The number of nitrogens with two attached hydrogens (primary N) is 1. The van der Waals surface area contributed by atoms with Gasteiger partial charge in [0.2, 0.25) is 0 Å². The number of hydrogen-bond acceptors (Lipinski definition) is 4. The fraction of sp³-hybridized carbons (Fsp3) is 0.846. The van der Waals surface area contributed by atoms with Crippen LogP contribution in [0.5, 0.6) is 0 Å². The monoisotopic (exact) mass is 249 g/mol. The van der Waals surface area contributed by atoms with Crippen molar-refractivity contribution >= 4 is 0 Å². The van der Waals surface area contributed by atoms with Crippen LogP contribution in [0.1, 0.15) is 37.3 Å². The summed E-state index contributed by atoms with van der Waals surface area (Å²) in [7, 11) is 2.22. The number of rotatable bonds is 2. The van der Waals surface area contributed by atoms with Crippen molar-refractivity contribution in [3.8, 4) is 0 Å². The van der Waals surface area contributed by atoms with Gasteiger partial charge in [-0.25, -0.2) is 9.67 Å². The molecule has 18 heavy (non-hydrogen) atoms. The smallest absolute Gasteiger partial charge is 0.152 e. The lowest BCUT2D eigenvalue weighted by Crippen LogP contribution is -2.37. The van der Waals surface area contributed by atoms with Gasteiger partial charge in [-0.3, -0.25) is 0 Å². The van der Waals surface area contributed by atoms with Crippen molar-refractivity contribution in [2.24, 2.45) is 5.73 Å². The highest BCUT2D eigenvalue weighted by Gasteiger charge is 2.23. The summed E-state index contributed by atoms with van der Waals surface area (Å²) >= 11 is 0. The first-order valence-corrected chi connectivity index (χ1v) is 7.11. The Hall–Kier alpha value is -0.940. The van der Waals surface area contributed by atoms with Gasteiger partial charge >= 0.3 is 0 Å². The third kappa shape index (κ3) is 2.42. The molecular formula is C13H23N5. The van der Waals surface area contributed by atoms with Crippen molar-refractivity contribution in [1.29, 1.82) is 0 Å². The summed E-state index contributed by atoms with van der Waals surface area (Å²) in [5, 5.41) is 4.63. The molecule has 0 bridgehead atoms. The lowest BCUT2D eigenvalue weighted by Gasteiger charge is -2.31. The predicted octanol–water partition coefficient (Wildman–Crippen LogP) is 0.578. The van der Waals surface area contributed by atoms with Crippen LogP contribution in [0, 0.1) is 0 Å². The second-order valence-electron chi connectivity index (χ2n) is 5.76. The molecule has 0 amide bonds. The molecule has 2 atom stereocenters. The van der Waals surface area contributed by atoms with Gasteiger partial charge in [0.25, 0.3) is 0 Å². The number of fused-ring (bicyclic) bond motifs is 1. The summed E-state index contributed by atoms with van der Waals surface area (Å²) < 4.78 is 2.02. The van der Waals surface area contributed by atoms with E-state index in [9.17, 15) is 0 Å². The topological polar surface area (TPSA) is 60.0 Å². The Morgan fingerprint density at radius 1 is 1.33 bits per heavy atom. The molecule has 3 heterocycles. The second-order valence-corrected chi connectivity index (χ2v) is 5.76. The van der Waals surface area contributed by atoms with E-state index in [2.05, 4.69) is 22.0 Å². The SMILES string of the molecule is CN1CCCCC1Cc1nc2n(n1)CC(N)CC2. The first kappa shape index (κ1) is 12.1. The minimum Gasteiger partial charge on any atom is -0.326 e. The molecule has 2 aliphatic rings. The van der Waals surface area contributed by atoms with Gasteiger partial charge in [0.05, 0.1) is 6.54 Å². The number of likely N-dealkylation sites (N-methyl/N-ethyl adjacent to an activating group) is 1. The fourth-order valence-corrected chi connectivity index (χ4v) is 3.08. The fourth-order valence-electron chi connectivity index (χ4n) is 3.08. The molecule has 1 fully saturated rings. The van der Waals surface area contributed by atoms with E-state index in [0.717, 1.165) is 37.5 Å². The highest BCUT2D eigenvalue weighted by atomic mass is 15.4. The summed E-state index contributed by atoms with van der Waals surface area (Å²) in [6.07, 6.45) is 6.96. The molecule has 5 heteroatoms. The van der Waals surface area contributed by atoms with Crippen molar-refractivity contribution in [2.45, 2.75) is 57.2 Å². The minimum absolute atomic E-state index is 0.254. The van der Waals surface area contributed by atoms with Crippen LogP contribution < -0.4 is 5.73 Å². The molecule has 100 valence electrons. The molecule has 1 saturated heterocycles. The summed E-state index contributed by atoms with van der Waals surface area (Å²) in [6.45, 7) is 2.05. The zero-order valence-electron chi connectivity index (χ0n) is 11.2. The van der Waals surface area contributed by atoms with Crippen molar-refractivity contribution in [2.75, 3.05) is 13.6 Å². The Bertz CT molecular complexity index is 414. The zero-order valence-corrected chi connectivity index (χ0v) is 11.2. The quantitative estimate of drug-likeness (QED) is 0.833. The molecule has 0 radical (unpaired) electrons. The number of likely N-dealkylation sites (tertiary alicyclic amines) is 1. The lowest BCUT2D eigenvalue weighted by molar-refractivity contribution is 0.182. The maximum Gasteiger partial charge on any atom is 0.152 e. The van der Waals surface area contributed by atoms with Crippen LogP contribution in [-0.2, 0) is 19.4 Å². The Morgan fingerprint density at radius 2 is 2.22 bits per heavy atom. The summed E-state index contributed by atoms with van der Waals surface area (Å²) in [4.78, 5) is 7.14. The number of aryl methyl sites for hydroxylation is 1. The molecule has 2 aliphatic heterocycles. The molecule has 0 aromatic carbocycles. The standard InChI is InChI=1S/C13H23N5/c1-17-7-3-2-4-11(17)8-12-15-13-6-5-10(14)9-18(13)16-12/h10-11H,2-9,14H2,1H3. The van der Waals surface area contributed by atoms with Crippen molar-refractivity contribution < 1.29 is 0 Å². The van der Waals surface area contributed by atoms with Crippen molar-refractivity contribution in [3.05, 3.63) is 11.6 Å². The average Bonchev–Trinajstić information content (AvgIpc) is 2.73. The van der Waals surface area contributed by atoms with Gasteiger partial charge in [-0.05, 0) is 32.9 Å². The minimum atomic E-state index is 0.254. The Kier molecular flexibility index (Phi) is 3.35. The van der Waals surface area contributed by atoms with E-state index >= 15 is 0 Å². The molecule has 0 saturated carbocycles. The normalized spacial score (nSPS) is 29.2. The largest absolute Gasteiger partial charge is 0.326 e. The van der Waals surface area contributed by atoms with Gasteiger partial charge in [0.1, 0.15) is 5.82 Å². The number of hydrogen-bond donors (Lipinski definition) is 1. The molecule has 2 unspecified atom stereocenters. The Morgan fingerprint density at radius 3 is 3.06 bits per heavy atom. The van der Waals surface area contributed by atoms with Crippen molar-refractivity contribution in [1.82, 2.24) is 19.7 Å². The molecule has 3 rings (SSSR count). The van der Waals surface area contributed by atoms with Crippen LogP contribution >= 0.6 is 0 Å². The van der Waals surface area contributed by atoms with Crippen LogP contribution in [0.4, 0.5) is 0 Å². The van der Waals surface area contributed by atoms with E-state index in [4.69, 9.17) is 5.73 Å². The van der Waals surface area contributed by atoms with Gasteiger partial charge in [-0.2, -0.15) is 5.10 Å². The molecule has 2 N–H and O–H groups in total. The molecular weight excluding hydrogens is 226 g/mol. The van der Waals surface area contributed by atoms with E-state index in [0.29, 0.717) is 6.04 Å². The third-order valence-electron chi connectivity index (χ3n) is 4.28. The predicted molar refractivity (Wildman–Crippen MR) is 70.3 cm³/mol. The second kappa shape index (κ2) is 4.97. The first-order valence-electron chi connectivity index (χ1n) is 7.11. The van der Waals surface area contributed by atoms with Gasteiger partial charge < -0.3 is 10.6 Å². The third-order valence-corrected chi connectivity index (χ3v) is 4.28. The van der Waals surface area contributed by atoms with Crippen LogP contribution in [0.3, 0.4) is 0 Å². The van der Waals surface area contributed by atoms with E-state index < -0.39 is 0 Å². The van der Waals surface area contributed by atoms with E-state index in [1.165, 1.54) is 25.8 Å². The molecule has 1 aromatic rings. The highest BCUT2D eigenvalue weighted by Crippen LogP contribution is 2.19. The van der Waals surface area contributed by atoms with E-state index in [1.54, 1.807) is 0 Å². The van der Waals surface area contributed by atoms with Crippen LogP contribution in [0.15, 0.2) is 0 Å². The summed E-state index contributed by atoms with van der Waals surface area (Å²) in [6, 6.07) is 0.876. The molecule has 1 aromatic heterocycles. The van der Waals surface area contributed by atoms with Gasteiger partial charge in [-0.15, -0.1) is 0 Å². The average molecular weight is 249 g/mol. The Balaban J connectivity index is 1.69. The summed E-state index contributed by atoms with van der Waals surface area (Å²) in [5.74, 6) is 2.14. The molecule has 0 aliphatic carbocycles. The van der Waals surface area contributed by atoms with Crippen LogP contribution in [0.2, 0.25) is 0 Å². The van der Waals surface area contributed by atoms with E-state index in [-0.39, 0.29) is 6.04 Å². The maximum absolute atomic E-state index is 5.97. The van der Waals surface area contributed by atoms with Crippen LogP contribution in [0.25, 0.3) is 0 Å². The lowest BCUT2D eigenvalue weighted by atomic mass is 10.00. The van der Waals surface area contributed by atoms with Crippen LogP contribution in [-0.4, -0.2) is 45.3 Å². The molecule has 0 spiro atoms. The van der Waals surface area contributed by atoms with E-state index in [1.807, 2.05) is 4.68 Å². The highest BCUT2D eigenvalue weighted by molar-refractivity contribution is 5.00. The zero-order chi connectivity index (χ0) is 12.5. The van der Waals surface area contributed by atoms with Crippen molar-refractivity contribution in [3.63, 3.8) is 0 Å². The van der Waals surface area contributed by atoms with Gasteiger partial charge in [0.15, 0.2) is 5.82 Å². The Labute approximate surface area is 108 Å². The molecule has 5 nitrogen and oxygen atoms in total. The number of piperidine rings is 1. The number of aromatic nitrogens is 3. The first-order chi connectivity index (χ1) is 8.72. The number of nitrogens with zero attached hydrogens (tertiary/aromatic N) is 4. The maximum atomic E-state index is 5.97. The summed E-state index contributed by atoms with van der Waals surface area (Å²) in [5.41, 5.74) is 5.97. The van der Waals surface area contributed by atoms with Gasteiger partial charge in [-0.1, -0.05) is 6.42 Å².